The Morgan fingerprint density at radius 2 is 1.52 bits per heavy atom. The number of fused-ring (bicyclic) bond motifs is 4. The predicted molar refractivity (Wildman–Crippen MR) is 159 cm³/mol. The molecule has 0 unspecified atom stereocenters. The fourth-order valence-electron chi connectivity index (χ4n) is 14.0. The molecule has 8 rings (SSSR count). The average Bonchev–Trinajstić information content (AvgIpc) is 3.45. The highest BCUT2D eigenvalue weighted by atomic mass is 16.8. The van der Waals surface area contributed by atoms with E-state index < -0.39 is 48.2 Å². The van der Waals surface area contributed by atoms with Crippen molar-refractivity contribution in [2.45, 2.75) is 160 Å². The first-order valence-corrected chi connectivity index (χ1v) is 17.5. The van der Waals surface area contributed by atoms with Gasteiger partial charge >= 0.3 is 0 Å². The second kappa shape index (κ2) is 9.00. The zero-order chi connectivity index (χ0) is 31.6. The van der Waals surface area contributed by atoms with Gasteiger partial charge in [0.25, 0.3) is 0 Å². The van der Waals surface area contributed by atoms with E-state index in [4.69, 9.17) is 18.9 Å². The summed E-state index contributed by atoms with van der Waals surface area (Å²) in [5.41, 5.74) is -1.39. The Morgan fingerprint density at radius 3 is 2.23 bits per heavy atom. The molecule has 5 N–H and O–H groups in total. The Labute approximate surface area is 262 Å². The third-order valence-electron chi connectivity index (χ3n) is 15.9. The second-order valence-electron chi connectivity index (χ2n) is 18.3. The van der Waals surface area contributed by atoms with Crippen LogP contribution >= 0.6 is 0 Å². The highest BCUT2D eigenvalue weighted by Crippen LogP contribution is 2.90. The maximum absolute atomic E-state index is 12.7. The molecule has 44 heavy (non-hydrogen) atoms. The van der Waals surface area contributed by atoms with Crippen LogP contribution < -0.4 is 0 Å². The van der Waals surface area contributed by atoms with Gasteiger partial charge in [0.1, 0.15) is 30.5 Å². The molecule has 8 aliphatic rings. The minimum Gasteiger partial charge on any atom is -0.388 e. The van der Waals surface area contributed by atoms with Crippen LogP contribution in [0.25, 0.3) is 0 Å². The SMILES string of the molecule is C[C@@H]1C[C@H]2O[C@@]3(O[C@H]2C(C)(C)O)[C@H](O)[C@@]2(C)[C@@H]4CC[C@H]5C(C)(C)[C@@H](O[C@@H]6OC[C@H](O)[C@H](O)[C@H]6O)CC[C@@]56C[C@@]46CC[C@]2(C)[C@@H]13. The minimum atomic E-state index is -1.28. The number of rotatable bonds is 3. The first-order valence-electron chi connectivity index (χ1n) is 17.5. The molecule has 9 heteroatoms. The Kier molecular flexibility index (Phi) is 6.33. The van der Waals surface area contributed by atoms with Crippen LogP contribution in [0.5, 0.6) is 0 Å². The molecule has 3 heterocycles. The van der Waals surface area contributed by atoms with E-state index in [0.717, 1.165) is 44.9 Å². The summed E-state index contributed by atoms with van der Waals surface area (Å²) in [6, 6.07) is 0. The maximum Gasteiger partial charge on any atom is 0.199 e. The summed E-state index contributed by atoms with van der Waals surface area (Å²) < 4.78 is 25.8. The summed E-state index contributed by atoms with van der Waals surface area (Å²) in [7, 11) is 0. The van der Waals surface area contributed by atoms with Crippen molar-refractivity contribution in [1.82, 2.24) is 0 Å². The minimum absolute atomic E-state index is 0.0559. The van der Waals surface area contributed by atoms with Gasteiger partial charge in [0.15, 0.2) is 12.1 Å². The predicted octanol–water partition coefficient (Wildman–Crippen LogP) is 3.12. The quantitative estimate of drug-likeness (QED) is 0.301. The van der Waals surface area contributed by atoms with Gasteiger partial charge in [-0.2, -0.15) is 0 Å². The summed E-state index contributed by atoms with van der Waals surface area (Å²) in [6.45, 7) is 15.2. The molecule has 17 atom stereocenters. The molecule has 5 aliphatic carbocycles. The average molecular weight is 621 g/mol. The van der Waals surface area contributed by atoms with E-state index in [1.807, 2.05) is 0 Å². The number of aliphatic hydroxyl groups is 5. The van der Waals surface area contributed by atoms with Crippen LogP contribution in [-0.4, -0.2) is 92.5 Å². The van der Waals surface area contributed by atoms with Crippen LogP contribution in [0, 0.1) is 50.7 Å². The molecule has 250 valence electrons. The van der Waals surface area contributed by atoms with Gasteiger partial charge in [-0.3, -0.25) is 0 Å². The van der Waals surface area contributed by atoms with Crippen molar-refractivity contribution in [3.8, 4) is 0 Å². The summed E-state index contributed by atoms with van der Waals surface area (Å²) in [5.74, 6) is 0.108. The van der Waals surface area contributed by atoms with Crippen molar-refractivity contribution in [2.75, 3.05) is 6.61 Å². The van der Waals surface area contributed by atoms with E-state index in [-0.39, 0.29) is 51.8 Å². The molecule has 3 saturated heterocycles. The van der Waals surface area contributed by atoms with E-state index in [1.54, 1.807) is 13.8 Å². The highest BCUT2D eigenvalue weighted by Gasteiger charge is 2.88. The normalized spacial score (nSPS) is 62.2. The zero-order valence-corrected chi connectivity index (χ0v) is 27.7. The lowest BCUT2D eigenvalue weighted by Gasteiger charge is -2.63. The van der Waals surface area contributed by atoms with E-state index in [1.165, 1.54) is 6.42 Å². The molecule has 3 spiro atoms. The van der Waals surface area contributed by atoms with Crippen LogP contribution in [0.1, 0.15) is 99.8 Å². The van der Waals surface area contributed by atoms with Gasteiger partial charge in [-0.25, -0.2) is 0 Å². The molecule has 0 aromatic heterocycles. The maximum atomic E-state index is 12.7. The highest BCUT2D eigenvalue weighted by molar-refractivity contribution is 5.34. The van der Waals surface area contributed by atoms with Gasteiger partial charge in [-0.1, -0.05) is 34.6 Å². The Morgan fingerprint density at radius 1 is 0.841 bits per heavy atom. The van der Waals surface area contributed by atoms with Crippen molar-refractivity contribution >= 4 is 0 Å². The molecule has 0 radical (unpaired) electrons. The fraction of sp³-hybridized carbons (Fsp3) is 1.00. The number of aliphatic hydroxyl groups excluding tert-OH is 4. The van der Waals surface area contributed by atoms with Crippen molar-refractivity contribution in [1.29, 1.82) is 0 Å². The molecular formula is C35H56O9. The summed E-state index contributed by atoms with van der Waals surface area (Å²) in [4.78, 5) is 0. The first-order chi connectivity index (χ1) is 20.4. The number of ether oxygens (including phenoxy) is 4. The van der Waals surface area contributed by atoms with Crippen molar-refractivity contribution < 1.29 is 44.5 Å². The lowest BCUT2D eigenvalue weighted by Crippen LogP contribution is -2.61. The Bertz CT molecular complexity index is 1200. The van der Waals surface area contributed by atoms with Gasteiger partial charge in [0, 0.05) is 11.3 Å². The standard InChI is InChI=1S/C35H56O9/c1-17-14-19-26(30(4,5)40)44-35(43-19)25(17)31(6)12-13-34-16-33(34)11-10-22(42-27-24(38)23(37)18(36)15-41-27)29(2,3)20(33)8-9-21(34)32(31,7)28(35)39/h17-28,36-40H,8-16H2,1-7H3/t17-,18+,19-,20+,21+,22+,23+,24-,25-,26-,27+,28-,31-,32-,33-,34+,35+/m1/s1. The lowest BCUT2D eigenvalue weighted by molar-refractivity contribution is -0.303. The van der Waals surface area contributed by atoms with Crippen LogP contribution in [0.4, 0.5) is 0 Å². The second-order valence-corrected chi connectivity index (χ2v) is 18.3. The monoisotopic (exact) mass is 620 g/mol. The summed E-state index contributed by atoms with van der Waals surface area (Å²) in [5, 5.41) is 54.5. The van der Waals surface area contributed by atoms with Crippen LogP contribution in [-0.2, 0) is 18.9 Å². The lowest BCUT2D eigenvalue weighted by atomic mass is 9.41. The molecule has 0 amide bonds. The molecule has 0 aromatic rings. The molecular weight excluding hydrogens is 564 g/mol. The van der Waals surface area contributed by atoms with E-state index in [9.17, 15) is 25.5 Å². The Balaban J connectivity index is 1.10. The summed E-state index contributed by atoms with van der Waals surface area (Å²) >= 11 is 0. The third-order valence-corrected chi connectivity index (χ3v) is 15.9. The van der Waals surface area contributed by atoms with E-state index in [0.29, 0.717) is 17.8 Å². The summed E-state index contributed by atoms with van der Waals surface area (Å²) in [6.07, 6.45) is 2.00. The topological polar surface area (TPSA) is 138 Å². The Hall–Kier alpha value is -0.360. The van der Waals surface area contributed by atoms with Gasteiger partial charge in [-0.05, 0) is 105 Å². The molecule has 5 saturated carbocycles. The van der Waals surface area contributed by atoms with Crippen molar-refractivity contribution in [3.05, 3.63) is 0 Å². The van der Waals surface area contributed by atoms with Crippen molar-refractivity contribution in [3.63, 3.8) is 0 Å². The van der Waals surface area contributed by atoms with E-state index in [2.05, 4.69) is 34.6 Å². The molecule has 3 aliphatic heterocycles. The van der Waals surface area contributed by atoms with Gasteiger partial charge < -0.3 is 44.5 Å². The van der Waals surface area contributed by atoms with Crippen LogP contribution in [0.2, 0.25) is 0 Å². The fourth-order valence-corrected chi connectivity index (χ4v) is 14.0. The number of hydrogen-bond donors (Lipinski definition) is 5. The third kappa shape index (κ3) is 3.38. The molecule has 8 fully saturated rings. The molecule has 0 aromatic carbocycles. The van der Waals surface area contributed by atoms with Crippen molar-refractivity contribution in [2.24, 2.45) is 50.7 Å². The smallest absolute Gasteiger partial charge is 0.199 e. The first kappa shape index (κ1) is 30.9. The van der Waals surface area contributed by atoms with Crippen LogP contribution in [0.15, 0.2) is 0 Å². The van der Waals surface area contributed by atoms with Gasteiger partial charge in [0.2, 0.25) is 0 Å². The number of hydrogen-bond acceptors (Lipinski definition) is 9. The van der Waals surface area contributed by atoms with Crippen LogP contribution in [0.3, 0.4) is 0 Å². The largest absolute Gasteiger partial charge is 0.388 e. The molecule has 9 nitrogen and oxygen atoms in total. The molecule has 2 bridgehead atoms. The zero-order valence-electron chi connectivity index (χ0n) is 27.7. The van der Waals surface area contributed by atoms with E-state index >= 15 is 0 Å². The van der Waals surface area contributed by atoms with Gasteiger partial charge in [-0.15, -0.1) is 0 Å². The van der Waals surface area contributed by atoms with Gasteiger partial charge in [0.05, 0.1) is 24.4 Å².